The van der Waals surface area contributed by atoms with Gasteiger partial charge in [0.25, 0.3) is 11.8 Å². The number of benzene rings is 2. The maximum atomic E-state index is 13.5. The second-order valence-electron chi connectivity index (χ2n) is 14.8. The molecule has 0 radical (unpaired) electrons. The number of likely N-dealkylation sites (tertiary alicyclic amines) is 2. The van der Waals surface area contributed by atoms with Crippen LogP contribution in [0.1, 0.15) is 108 Å². The van der Waals surface area contributed by atoms with Crippen LogP contribution < -0.4 is 11.1 Å². The van der Waals surface area contributed by atoms with Crippen molar-refractivity contribution in [2.45, 2.75) is 78.3 Å². The zero-order valence-corrected chi connectivity index (χ0v) is 37.5. The number of nitrogens with one attached hydrogen (secondary N) is 1. The number of nitrogens with two attached hydrogens (primary N) is 1. The van der Waals surface area contributed by atoms with Crippen LogP contribution in [-0.4, -0.2) is 75.0 Å². The summed E-state index contributed by atoms with van der Waals surface area (Å²) in [6.45, 7) is 7.70. The van der Waals surface area contributed by atoms with Gasteiger partial charge < -0.3 is 20.9 Å². The highest BCUT2D eigenvalue weighted by Crippen LogP contribution is 2.35. The van der Waals surface area contributed by atoms with Crippen LogP contribution in [0.15, 0.2) is 60.9 Å². The summed E-state index contributed by atoms with van der Waals surface area (Å²) < 4.78 is 3.40. The summed E-state index contributed by atoms with van der Waals surface area (Å²) in [5, 5.41) is 13.5. The predicted octanol–water partition coefficient (Wildman–Crippen LogP) is 9.74. The molecule has 3 N–H and O–H groups in total. The van der Waals surface area contributed by atoms with Gasteiger partial charge in [-0.1, -0.05) is 46.4 Å². The molecule has 0 bridgehead atoms. The molecule has 2 fully saturated rings. The number of fused-ring (bicyclic) bond motifs is 2. The van der Waals surface area contributed by atoms with E-state index in [-0.39, 0.29) is 35.0 Å². The molecule has 3 amide bonds. The fraction of sp³-hybridized carbons (Fsp3) is 0.333. The molecule has 0 unspecified atom stereocenters. The number of rotatable bonds is 5. The van der Waals surface area contributed by atoms with Gasteiger partial charge in [-0.3, -0.25) is 19.2 Å². The van der Waals surface area contributed by atoms with Gasteiger partial charge >= 0.3 is 0 Å². The average molecular weight is 929 g/mol. The van der Waals surface area contributed by atoms with Crippen LogP contribution in [0.2, 0.25) is 20.4 Å². The van der Waals surface area contributed by atoms with Gasteiger partial charge in [-0.15, -0.1) is 0 Å². The van der Waals surface area contributed by atoms with Crippen LogP contribution >= 0.6 is 58.0 Å². The summed E-state index contributed by atoms with van der Waals surface area (Å²) in [6, 6.07) is 13.3. The molecule has 2 saturated heterocycles. The molecular weight excluding hydrogens is 886 g/mol. The number of carbonyl (C=O) groups is 4. The van der Waals surface area contributed by atoms with E-state index in [1.807, 2.05) is 43.3 Å². The molecule has 8 rings (SSSR count). The largest absolute Gasteiger partial charge is 0.398 e. The van der Waals surface area contributed by atoms with Crippen molar-refractivity contribution >= 4 is 104 Å². The van der Waals surface area contributed by atoms with E-state index in [4.69, 9.17) is 52.1 Å². The van der Waals surface area contributed by atoms with Crippen molar-refractivity contribution in [2.75, 3.05) is 24.1 Å². The molecule has 6 aromatic rings. The monoisotopic (exact) mass is 926 g/mol. The van der Waals surface area contributed by atoms with Crippen molar-refractivity contribution in [2.24, 2.45) is 0 Å². The van der Waals surface area contributed by atoms with Crippen molar-refractivity contribution in [3.05, 3.63) is 115 Å². The maximum Gasteiger partial charge on any atom is 0.256 e. The van der Waals surface area contributed by atoms with Crippen molar-refractivity contribution in [3.63, 3.8) is 0 Å². The Labute approximate surface area is 377 Å². The molecule has 6 heterocycles. The molecule has 0 aliphatic carbocycles. The lowest BCUT2D eigenvalue weighted by molar-refractivity contribution is -0.114. The number of carbonyl (C=O) groups excluding carboxylic acids is 4. The summed E-state index contributed by atoms with van der Waals surface area (Å²) in [6.07, 6.45) is 9.16. The summed E-state index contributed by atoms with van der Waals surface area (Å²) in [5.74, 6) is -0.565. The summed E-state index contributed by atoms with van der Waals surface area (Å²) >= 11 is 29.1. The molecular formula is C42H43Cl5N10O4. The van der Waals surface area contributed by atoms with Gasteiger partial charge in [0.15, 0.2) is 11.3 Å². The SMILES string of the molecule is CC(=O)Cl.CC(=O)Nc1ccc(Cl)cc1C(=O)N1CCCC[C@H]1c1cc2nc(Cl)c(C)cn2n1.Cc1cn2nc([C@@H]3CCCCN3C(=O)c3cc(Cl)ccc3N)cc2nc1Cl. The molecule has 2 aliphatic rings. The number of nitrogen functional groups attached to an aromatic ring is 1. The Bertz CT molecular complexity index is 2550. The third-order valence-electron chi connectivity index (χ3n) is 10.2. The van der Waals surface area contributed by atoms with E-state index in [9.17, 15) is 19.2 Å². The number of halogens is 5. The van der Waals surface area contributed by atoms with E-state index >= 15 is 0 Å². The fourth-order valence-electron chi connectivity index (χ4n) is 7.32. The van der Waals surface area contributed by atoms with Crippen LogP contribution in [0.4, 0.5) is 11.4 Å². The van der Waals surface area contributed by atoms with Gasteiger partial charge in [0.1, 0.15) is 10.3 Å². The summed E-state index contributed by atoms with van der Waals surface area (Å²) in [7, 11) is 0. The number of hydrogen-bond acceptors (Lipinski definition) is 9. The third-order valence-corrected chi connectivity index (χ3v) is 11.4. The van der Waals surface area contributed by atoms with E-state index in [0.717, 1.165) is 61.0 Å². The highest BCUT2D eigenvalue weighted by atomic mass is 35.5. The molecule has 14 nitrogen and oxygen atoms in total. The van der Waals surface area contributed by atoms with Gasteiger partial charge in [-0.2, -0.15) is 10.2 Å². The number of anilines is 2. The summed E-state index contributed by atoms with van der Waals surface area (Å²) in [5.41, 5.74) is 12.2. The van der Waals surface area contributed by atoms with E-state index < -0.39 is 0 Å². The molecule has 4 aromatic heterocycles. The lowest BCUT2D eigenvalue weighted by Gasteiger charge is -2.35. The summed E-state index contributed by atoms with van der Waals surface area (Å²) in [4.78, 5) is 59.9. The smallest absolute Gasteiger partial charge is 0.256 e. The van der Waals surface area contributed by atoms with Crippen LogP contribution in [-0.2, 0) is 9.59 Å². The van der Waals surface area contributed by atoms with Crippen molar-refractivity contribution < 1.29 is 19.2 Å². The second kappa shape index (κ2) is 19.8. The first-order chi connectivity index (χ1) is 29.0. The van der Waals surface area contributed by atoms with Gasteiger partial charge in [0, 0.05) is 78.3 Å². The number of piperidine rings is 2. The lowest BCUT2D eigenvalue weighted by atomic mass is 9.98. The molecule has 320 valence electrons. The second-order valence-corrected chi connectivity index (χ2v) is 16.9. The predicted molar refractivity (Wildman–Crippen MR) is 239 cm³/mol. The molecule has 19 heteroatoms. The van der Waals surface area contributed by atoms with Crippen LogP contribution in [0.5, 0.6) is 0 Å². The molecule has 2 aliphatic heterocycles. The molecule has 0 spiro atoms. The highest BCUT2D eigenvalue weighted by Gasteiger charge is 2.33. The Balaban J connectivity index is 0.000000189. The van der Waals surface area contributed by atoms with E-state index in [1.54, 1.807) is 50.3 Å². The molecule has 2 atom stereocenters. The average Bonchev–Trinajstić information content (AvgIpc) is 3.82. The number of amides is 3. The van der Waals surface area contributed by atoms with Crippen LogP contribution in [0.25, 0.3) is 11.3 Å². The van der Waals surface area contributed by atoms with Gasteiger partial charge in [0.05, 0.1) is 40.3 Å². The van der Waals surface area contributed by atoms with Crippen molar-refractivity contribution in [1.29, 1.82) is 0 Å². The Morgan fingerprint density at radius 1 is 0.672 bits per heavy atom. The number of nitrogens with zero attached hydrogens (tertiary/aromatic N) is 8. The number of aryl methyl sites for hydroxylation is 2. The first kappa shape index (κ1) is 45.5. The van der Waals surface area contributed by atoms with Crippen LogP contribution in [0.3, 0.4) is 0 Å². The Morgan fingerprint density at radius 3 is 1.59 bits per heavy atom. The third kappa shape index (κ3) is 10.9. The Morgan fingerprint density at radius 2 is 1.11 bits per heavy atom. The minimum Gasteiger partial charge on any atom is -0.398 e. The fourth-order valence-corrected chi connectivity index (χ4v) is 7.93. The Kier molecular flexibility index (Phi) is 14.8. The normalized spacial score (nSPS) is 16.3. The standard InChI is InChI=1S/C21H21Cl2N5O2.C19H19Cl2N5O.C2H3ClO/c1-12-11-28-19(25-20(12)23)10-17(26-28)18-5-3-4-8-27(18)21(30)15-9-14(22)6-7-16(15)24-13(2)29;1-11-10-26-17(23-18(11)21)9-15(24-26)16-4-2-3-7-25(16)19(27)13-8-12(20)5-6-14(13)22;1-2(3)4/h6-7,9-11,18H,3-5,8H2,1-2H3,(H,24,29);5-6,8-10,16H,2-4,7,22H2,1H3;1H3/t18-;16-;/m00./s1. The quantitative estimate of drug-likeness (QED) is 0.0970. The zero-order valence-electron chi connectivity index (χ0n) is 33.8. The van der Waals surface area contributed by atoms with E-state index in [1.165, 1.54) is 13.8 Å². The van der Waals surface area contributed by atoms with Crippen LogP contribution in [0, 0.1) is 13.8 Å². The van der Waals surface area contributed by atoms with Gasteiger partial charge in [0.2, 0.25) is 11.1 Å². The highest BCUT2D eigenvalue weighted by molar-refractivity contribution is 6.62. The molecule has 0 saturated carbocycles. The molecule has 2 aromatic carbocycles. The van der Waals surface area contributed by atoms with Crippen molar-refractivity contribution in [3.8, 4) is 0 Å². The van der Waals surface area contributed by atoms with E-state index in [2.05, 4.69) is 37.1 Å². The number of aromatic nitrogens is 6. The number of hydrogen-bond donors (Lipinski definition) is 2. The minimum atomic E-state index is -0.361. The van der Waals surface area contributed by atoms with Gasteiger partial charge in [-0.05, 0) is 100 Å². The van der Waals surface area contributed by atoms with Crippen molar-refractivity contribution in [1.82, 2.24) is 39.0 Å². The molecule has 61 heavy (non-hydrogen) atoms. The topological polar surface area (TPSA) is 173 Å². The zero-order chi connectivity index (χ0) is 44.1. The first-order valence-electron chi connectivity index (χ1n) is 19.5. The Hall–Kier alpha value is -4.99. The van der Waals surface area contributed by atoms with E-state index in [0.29, 0.717) is 67.2 Å². The maximum absolute atomic E-state index is 13.5. The first-order valence-corrected chi connectivity index (χ1v) is 21.3. The van der Waals surface area contributed by atoms with Gasteiger partial charge in [-0.25, -0.2) is 19.0 Å². The lowest BCUT2D eigenvalue weighted by Crippen LogP contribution is -2.39. The minimum absolute atomic E-state index is 0.126.